The molecule has 0 heterocycles. The summed E-state index contributed by atoms with van der Waals surface area (Å²) in [5, 5.41) is 23.5. The summed E-state index contributed by atoms with van der Waals surface area (Å²) in [6, 6.07) is 9.98. The van der Waals surface area contributed by atoms with Crippen LogP contribution in [0.2, 0.25) is 0 Å². The highest BCUT2D eigenvalue weighted by atomic mass is 19.1. The molecular weight excluding hydrogens is 492 g/mol. The second-order valence-corrected chi connectivity index (χ2v) is 12.1. The van der Waals surface area contributed by atoms with Gasteiger partial charge in [0.25, 0.3) is 0 Å². The van der Waals surface area contributed by atoms with Gasteiger partial charge in [-0.25, -0.2) is 13.6 Å². The van der Waals surface area contributed by atoms with Crippen LogP contribution in [-0.4, -0.2) is 64.2 Å². The molecule has 8 atom stereocenters. The molecule has 5 rings (SSSR count). The van der Waals surface area contributed by atoms with E-state index < -0.39 is 58.0 Å². The molecule has 0 saturated heterocycles. The van der Waals surface area contributed by atoms with E-state index in [2.05, 4.69) is 0 Å². The van der Waals surface area contributed by atoms with Gasteiger partial charge in [0.05, 0.1) is 6.10 Å². The number of carboxylic acids is 1. The van der Waals surface area contributed by atoms with Gasteiger partial charge in [-0.05, 0) is 74.7 Å². The summed E-state index contributed by atoms with van der Waals surface area (Å²) in [6.45, 7) is 3.78. The third-order valence-corrected chi connectivity index (χ3v) is 10.2. The summed E-state index contributed by atoms with van der Waals surface area (Å²) in [4.78, 5) is 31.1. The molecule has 0 bridgehead atoms. The predicted molar refractivity (Wildman–Crippen MR) is 137 cm³/mol. The Kier molecular flexibility index (Phi) is 6.68. The van der Waals surface area contributed by atoms with Gasteiger partial charge in [-0.1, -0.05) is 43.3 Å². The van der Waals surface area contributed by atoms with Crippen LogP contribution < -0.4 is 0 Å². The van der Waals surface area contributed by atoms with Gasteiger partial charge in [0.2, 0.25) is 0 Å². The topological polar surface area (TPSA) is 87.1 Å². The van der Waals surface area contributed by atoms with Crippen molar-refractivity contribution in [3.8, 4) is 0 Å². The first-order valence-electron chi connectivity index (χ1n) is 13.5. The fraction of sp³-hybridized carbons (Fsp3) is 0.600. The molecule has 206 valence electrons. The maximum Gasteiger partial charge on any atom is 0.338 e. The van der Waals surface area contributed by atoms with E-state index in [0.29, 0.717) is 13.0 Å². The molecular formula is C30H37F2NO5. The zero-order chi connectivity index (χ0) is 27.5. The predicted octanol–water partition coefficient (Wildman–Crippen LogP) is 4.62. The lowest BCUT2D eigenvalue weighted by atomic mass is 9.44. The molecule has 4 aliphatic rings. The number of carbonyl (C=O) groups is 2. The van der Waals surface area contributed by atoms with Crippen molar-refractivity contribution in [1.82, 2.24) is 5.06 Å². The minimum Gasteiger partial charge on any atom is -0.479 e. The van der Waals surface area contributed by atoms with Crippen molar-refractivity contribution in [2.45, 2.75) is 75.9 Å². The maximum atomic E-state index is 17.3. The van der Waals surface area contributed by atoms with Crippen molar-refractivity contribution in [2.75, 3.05) is 13.6 Å². The number of fused-ring (bicyclic) bond motifs is 5. The van der Waals surface area contributed by atoms with E-state index in [0.717, 1.165) is 18.9 Å². The van der Waals surface area contributed by atoms with E-state index in [-0.39, 0.29) is 24.8 Å². The second-order valence-electron chi connectivity index (χ2n) is 12.1. The summed E-state index contributed by atoms with van der Waals surface area (Å²) in [5.41, 5.74) is -5.30. The van der Waals surface area contributed by atoms with Crippen molar-refractivity contribution >= 4 is 11.8 Å². The normalized spacial score (nSPS) is 41.9. The summed E-state index contributed by atoms with van der Waals surface area (Å²) < 4.78 is 32.8. The zero-order valence-corrected chi connectivity index (χ0v) is 22.2. The molecule has 0 aliphatic heterocycles. The number of carbonyl (C=O) groups excluding carboxylic acids is 1. The number of alkyl halides is 2. The molecule has 3 fully saturated rings. The highest BCUT2D eigenvalue weighted by Gasteiger charge is 2.76. The number of aliphatic hydroxyl groups excluding tert-OH is 1. The number of benzene rings is 1. The minimum absolute atomic E-state index is 0.0586. The third kappa shape index (κ3) is 3.74. The van der Waals surface area contributed by atoms with Gasteiger partial charge >= 0.3 is 5.97 Å². The smallest absolute Gasteiger partial charge is 0.338 e. The molecule has 3 saturated carbocycles. The van der Waals surface area contributed by atoms with Crippen LogP contribution in [0.4, 0.5) is 8.78 Å². The molecule has 0 radical (unpaired) electrons. The van der Waals surface area contributed by atoms with Crippen LogP contribution in [0.5, 0.6) is 0 Å². The van der Waals surface area contributed by atoms with Gasteiger partial charge in [-0.15, -0.1) is 0 Å². The number of carboxylic acid groups (broad SMARTS) is 1. The number of rotatable bonds is 7. The number of aliphatic carboxylic acids is 1. The van der Waals surface area contributed by atoms with Gasteiger partial charge in [-0.2, -0.15) is 5.06 Å². The molecule has 4 aliphatic carbocycles. The molecule has 0 amide bonds. The fourth-order valence-corrected chi connectivity index (χ4v) is 8.19. The monoisotopic (exact) mass is 529 g/mol. The average Bonchev–Trinajstić information content (AvgIpc) is 3.15. The summed E-state index contributed by atoms with van der Waals surface area (Å²) in [6.07, 6.45) is 2.36. The summed E-state index contributed by atoms with van der Waals surface area (Å²) in [5.74, 6) is -3.00. The summed E-state index contributed by atoms with van der Waals surface area (Å²) in [7, 11) is 1.70. The fourth-order valence-electron chi connectivity index (χ4n) is 8.19. The first-order chi connectivity index (χ1) is 17.9. The molecule has 1 aromatic carbocycles. The van der Waals surface area contributed by atoms with Gasteiger partial charge in [0.1, 0.15) is 6.17 Å². The molecule has 38 heavy (non-hydrogen) atoms. The van der Waals surface area contributed by atoms with E-state index in [1.807, 2.05) is 30.3 Å². The quantitative estimate of drug-likeness (QED) is 0.501. The van der Waals surface area contributed by atoms with Crippen molar-refractivity contribution in [2.24, 2.45) is 22.7 Å². The Morgan fingerprint density at radius 3 is 2.61 bits per heavy atom. The van der Waals surface area contributed by atoms with Crippen LogP contribution in [0.25, 0.3) is 0 Å². The van der Waals surface area contributed by atoms with Gasteiger partial charge < -0.3 is 10.2 Å². The first-order valence-corrected chi connectivity index (χ1v) is 13.5. The van der Waals surface area contributed by atoms with E-state index in [1.165, 1.54) is 17.7 Å². The Hall–Kier alpha value is -2.42. The first kappa shape index (κ1) is 27.2. The molecule has 0 unspecified atom stereocenters. The van der Waals surface area contributed by atoms with Crippen LogP contribution in [0.15, 0.2) is 54.1 Å². The van der Waals surface area contributed by atoms with E-state index in [9.17, 15) is 19.8 Å². The highest BCUT2D eigenvalue weighted by Crippen LogP contribution is 2.70. The second kappa shape index (κ2) is 9.35. The Balaban J connectivity index is 1.42. The zero-order valence-electron chi connectivity index (χ0n) is 22.2. The number of hydrogen-bond acceptors (Lipinski definition) is 5. The lowest BCUT2D eigenvalue weighted by Gasteiger charge is -2.63. The van der Waals surface area contributed by atoms with Crippen molar-refractivity contribution in [3.63, 3.8) is 0 Å². The molecule has 1 aromatic rings. The number of halogens is 2. The average molecular weight is 530 g/mol. The van der Waals surface area contributed by atoms with E-state index in [1.54, 1.807) is 26.0 Å². The third-order valence-electron chi connectivity index (χ3n) is 10.2. The standard InChI is InChI=1S/C30H37F2NO5/c1-27-13-11-20(34)16-23(27)24(31)17-22-21-12-14-29(26(36)37,28(21,2)18-25(35)30(22,27)32)38-33(3)15-7-10-19-8-5-4-6-9-19/h4-6,8-9,11,13,16,21-22,24-25,35H,7,10,12,14-15,17-18H2,1-3H3,(H,36,37)/t21-,22-,24-,25-,27-,28-,29-,30-/m0/s1. The Labute approximate surface area is 222 Å². The SMILES string of the molecule is CN(CCCc1ccccc1)O[C@]1(C(=O)O)CC[C@H]2[C@@H]3C[C@H](F)C4=CC(=O)C=C[C@]4(C)[C@@]3(F)[C@@H](O)C[C@@]21C. The number of ketones is 1. The maximum absolute atomic E-state index is 17.3. The molecule has 0 spiro atoms. The van der Waals surface area contributed by atoms with Crippen LogP contribution >= 0.6 is 0 Å². The van der Waals surface area contributed by atoms with Gasteiger partial charge in [-0.3, -0.25) is 9.63 Å². The number of nitrogens with zero attached hydrogens (tertiary/aromatic N) is 1. The van der Waals surface area contributed by atoms with Gasteiger partial charge in [0, 0.05) is 30.3 Å². The van der Waals surface area contributed by atoms with E-state index >= 15 is 8.78 Å². The van der Waals surface area contributed by atoms with Crippen molar-refractivity contribution in [3.05, 3.63) is 59.7 Å². The number of allylic oxidation sites excluding steroid dienone is 4. The highest BCUT2D eigenvalue weighted by molar-refractivity contribution is 6.01. The Morgan fingerprint density at radius 2 is 1.92 bits per heavy atom. The Morgan fingerprint density at radius 1 is 1.21 bits per heavy atom. The molecule has 0 aromatic heterocycles. The van der Waals surface area contributed by atoms with Crippen LogP contribution in [0.3, 0.4) is 0 Å². The molecule has 6 nitrogen and oxygen atoms in total. The lowest BCUT2D eigenvalue weighted by Crippen LogP contribution is -2.70. The van der Waals surface area contributed by atoms with E-state index in [4.69, 9.17) is 4.84 Å². The largest absolute Gasteiger partial charge is 0.479 e. The van der Waals surface area contributed by atoms with Crippen LogP contribution in [-0.2, 0) is 20.8 Å². The summed E-state index contributed by atoms with van der Waals surface area (Å²) >= 11 is 0. The van der Waals surface area contributed by atoms with Crippen LogP contribution in [0.1, 0.15) is 51.5 Å². The number of aliphatic hydroxyl groups is 1. The Bertz CT molecular complexity index is 1170. The van der Waals surface area contributed by atoms with Crippen molar-refractivity contribution < 1.29 is 33.4 Å². The minimum atomic E-state index is -2.24. The molecule has 8 heteroatoms. The van der Waals surface area contributed by atoms with Crippen molar-refractivity contribution in [1.29, 1.82) is 0 Å². The lowest BCUT2D eigenvalue weighted by molar-refractivity contribution is -0.291. The number of hydroxylamine groups is 2. The van der Waals surface area contributed by atoms with Gasteiger partial charge in [0.15, 0.2) is 17.1 Å². The molecule has 2 N–H and O–H groups in total. The van der Waals surface area contributed by atoms with Crippen LogP contribution in [0, 0.1) is 22.7 Å². The number of hydrogen-bond donors (Lipinski definition) is 2. The number of aryl methyl sites for hydroxylation is 1.